The molecular weight excluding hydrogens is 204 g/mol. The second kappa shape index (κ2) is 4.59. The molecule has 0 aromatic rings. The first-order valence-corrected chi connectivity index (χ1v) is 7.89. The van der Waals surface area contributed by atoms with Crippen LogP contribution in [0, 0.1) is 40.9 Å². The van der Waals surface area contributed by atoms with Gasteiger partial charge in [-0.2, -0.15) is 0 Å². The van der Waals surface area contributed by atoms with E-state index in [1.165, 1.54) is 25.7 Å². The largest absolute Gasteiger partial charge is 0.0649 e. The van der Waals surface area contributed by atoms with Crippen molar-refractivity contribution in [2.45, 2.75) is 67.2 Å². The highest BCUT2D eigenvalue weighted by molar-refractivity contribution is 4.99. The van der Waals surface area contributed by atoms with Crippen LogP contribution < -0.4 is 0 Å². The van der Waals surface area contributed by atoms with E-state index in [0.29, 0.717) is 5.41 Å². The Hall–Kier alpha value is 0. The van der Waals surface area contributed by atoms with E-state index in [2.05, 4.69) is 41.5 Å². The van der Waals surface area contributed by atoms with Crippen LogP contribution >= 0.6 is 0 Å². The van der Waals surface area contributed by atoms with Crippen molar-refractivity contribution in [1.82, 2.24) is 0 Å². The predicted octanol–water partition coefficient (Wildman–Crippen LogP) is 5.38. The zero-order valence-corrected chi connectivity index (χ0v) is 12.8. The third-order valence-corrected chi connectivity index (χ3v) is 6.58. The maximum atomic E-state index is 2.51. The number of rotatable bonds is 6. The summed E-state index contributed by atoms with van der Waals surface area (Å²) in [6, 6.07) is 0. The van der Waals surface area contributed by atoms with Gasteiger partial charge in [-0.05, 0) is 60.2 Å². The third-order valence-electron chi connectivity index (χ3n) is 6.58. The molecule has 100 valence electrons. The maximum Gasteiger partial charge on any atom is -0.0297 e. The lowest BCUT2D eigenvalue weighted by molar-refractivity contribution is 0.222. The molecule has 0 aromatic carbocycles. The molecule has 7 unspecified atom stereocenters. The van der Waals surface area contributed by atoms with Crippen LogP contribution in [0.1, 0.15) is 67.2 Å². The van der Waals surface area contributed by atoms with E-state index in [4.69, 9.17) is 0 Å². The van der Waals surface area contributed by atoms with E-state index < -0.39 is 0 Å². The van der Waals surface area contributed by atoms with Crippen LogP contribution in [0.3, 0.4) is 0 Å². The Morgan fingerprint density at radius 3 is 2.24 bits per heavy atom. The minimum atomic E-state index is 0.712. The van der Waals surface area contributed by atoms with Crippen molar-refractivity contribution in [3.8, 4) is 0 Å². The highest BCUT2D eigenvalue weighted by Crippen LogP contribution is 2.58. The fourth-order valence-electron chi connectivity index (χ4n) is 3.96. The molecule has 0 spiro atoms. The van der Waals surface area contributed by atoms with Gasteiger partial charge in [-0.25, -0.2) is 0 Å². The first kappa shape index (κ1) is 13.4. The Morgan fingerprint density at radius 2 is 1.82 bits per heavy atom. The Morgan fingerprint density at radius 1 is 1.24 bits per heavy atom. The van der Waals surface area contributed by atoms with E-state index in [9.17, 15) is 0 Å². The molecule has 0 heteroatoms. The Kier molecular flexibility index (Phi) is 3.63. The van der Waals surface area contributed by atoms with Crippen molar-refractivity contribution in [3.05, 3.63) is 0 Å². The van der Waals surface area contributed by atoms with E-state index in [1.807, 2.05) is 0 Å². The molecule has 2 saturated carbocycles. The molecule has 0 aliphatic heterocycles. The quantitative estimate of drug-likeness (QED) is 0.581. The first-order valence-electron chi connectivity index (χ1n) is 7.89. The van der Waals surface area contributed by atoms with Crippen molar-refractivity contribution >= 4 is 0 Å². The van der Waals surface area contributed by atoms with Crippen LogP contribution in [-0.4, -0.2) is 0 Å². The van der Waals surface area contributed by atoms with Gasteiger partial charge in [0.15, 0.2) is 0 Å². The summed E-state index contributed by atoms with van der Waals surface area (Å²) >= 11 is 0. The fraction of sp³-hybridized carbons (Fsp3) is 1.00. The number of hydrogen-bond donors (Lipinski definition) is 0. The topological polar surface area (TPSA) is 0 Å². The molecule has 0 N–H and O–H groups in total. The van der Waals surface area contributed by atoms with Gasteiger partial charge in [0.05, 0.1) is 0 Å². The third kappa shape index (κ3) is 2.71. The molecule has 0 radical (unpaired) electrons. The minimum Gasteiger partial charge on any atom is -0.0649 e. The summed E-state index contributed by atoms with van der Waals surface area (Å²) in [7, 11) is 0. The predicted molar refractivity (Wildman–Crippen MR) is 75.9 cm³/mol. The molecule has 0 bridgehead atoms. The normalized spacial score (nSPS) is 45.2. The Balaban J connectivity index is 1.78. The SMILES string of the molecule is CCC1(C)CC1CC(C)C(C)C(C)C1CC1C. The van der Waals surface area contributed by atoms with Crippen LogP contribution in [-0.2, 0) is 0 Å². The lowest BCUT2D eigenvalue weighted by atomic mass is 9.78. The van der Waals surface area contributed by atoms with Gasteiger partial charge in [0.2, 0.25) is 0 Å². The molecule has 0 saturated heterocycles. The van der Waals surface area contributed by atoms with Gasteiger partial charge in [-0.15, -0.1) is 0 Å². The summed E-state index contributed by atoms with van der Waals surface area (Å²) in [6.45, 7) is 14.8. The first-order chi connectivity index (χ1) is 7.89. The molecule has 0 amide bonds. The van der Waals surface area contributed by atoms with Crippen molar-refractivity contribution in [2.75, 3.05) is 0 Å². The average molecular weight is 236 g/mol. The minimum absolute atomic E-state index is 0.712. The molecule has 2 aliphatic rings. The van der Waals surface area contributed by atoms with Crippen LogP contribution in [0.5, 0.6) is 0 Å². The summed E-state index contributed by atoms with van der Waals surface area (Å²) in [6.07, 6.45) is 5.86. The smallest absolute Gasteiger partial charge is 0.0297 e. The van der Waals surface area contributed by atoms with E-state index >= 15 is 0 Å². The van der Waals surface area contributed by atoms with Crippen molar-refractivity contribution in [3.63, 3.8) is 0 Å². The van der Waals surface area contributed by atoms with Gasteiger partial charge in [-0.3, -0.25) is 0 Å². The van der Waals surface area contributed by atoms with Crippen LogP contribution in [0.2, 0.25) is 0 Å². The van der Waals surface area contributed by atoms with E-state index in [0.717, 1.165) is 35.5 Å². The van der Waals surface area contributed by atoms with E-state index in [1.54, 1.807) is 0 Å². The molecule has 0 nitrogen and oxygen atoms in total. The second-order valence-corrected chi connectivity index (χ2v) is 7.72. The zero-order valence-electron chi connectivity index (χ0n) is 12.8. The Bertz CT molecular complexity index is 269. The lowest BCUT2D eigenvalue weighted by Crippen LogP contribution is -2.20. The summed E-state index contributed by atoms with van der Waals surface area (Å²) in [4.78, 5) is 0. The number of hydrogen-bond acceptors (Lipinski definition) is 0. The zero-order chi connectivity index (χ0) is 12.8. The van der Waals surface area contributed by atoms with Gasteiger partial charge in [0.25, 0.3) is 0 Å². The monoisotopic (exact) mass is 236 g/mol. The highest BCUT2D eigenvalue weighted by Gasteiger charge is 2.49. The summed E-state index contributed by atoms with van der Waals surface area (Å²) < 4.78 is 0. The molecule has 2 aliphatic carbocycles. The lowest BCUT2D eigenvalue weighted by Gasteiger charge is -2.27. The molecular formula is C17H32. The van der Waals surface area contributed by atoms with Gasteiger partial charge in [-0.1, -0.05) is 48.0 Å². The summed E-state index contributed by atoms with van der Waals surface area (Å²) in [5.74, 6) is 5.90. The van der Waals surface area contributed by atoms with Crippen molar-refractivity contribution in [1.29, 1.82) is 0 Å². The van der Waals surface area contributed by atoms with Gasteiger partial charge in [0, 0.05) is 0 Å². The van der Waals surface area contributed by atoms with Gasteiger partial charge in [0.1, 0.15) is 0 Å². The average Bonchev–Trinajstić information content (AvgIpc) is 3.17. The second-order valence-electron chi connectivity index (χ2n) is 7.72. The molecule has 7 atom stereocenters. The maximum absolute atomic E-state index is 2.51. The molecule has 0 aromatic heterocycles. The molecule has 2 rings (SSSR count). The standard InChI is InChI=1S/C17H32/c1-7-17(6)10-15(17)8-11(2)13(4)14(5)16-9-12(16)3/h11-16H,7-10H2,1-6H3. The molecule has 17 heavy (non-hydrogen) atoms. The Labute approximate surface area is 109 Å². The van der Waals surface area contributed by atoms with Gasteiger partial charge < -0.3 is 0 Å². The van der Waals surface area contributed by atoms with E-state index in [-0.39, 0.29) is 0 Å². The van der Waals surface area contributed by atoms with Crippen molar-refractivity contribution in [2.24, 2.45) is 40.9 Å². The summed E-state index contributed by atoms with van der Waals surface area (Å²) in [5, 5.41) is 0. The fourth-order valence-corrected chi connectivity index (χ4v) is 3.96. The summed E-state index contributed by atoms with van der Waals surface area (Å²) in [5.41, 5.74) is 0.712. The van der Waals surface area contributed by atoms with Crippen LogP contribution in [0.25, 0.3) is 0 Å². The van der Waals surface area contributed by atoms with Gasteiger partial charge >= 0.3 is 0 Å². The molecule has 0 heterocycles. The van der Waals surface area contributed by atoms with Crippen molar-refractivity contribution < 1.29 is 0 Å². The van der Waals surface area contributed by atoms with Crippen LogP contribution in [0.15, 0.2) is 0 Å². The van der Waals surface area contributed by atoms with Crippen LogP contribution in [0.4, 0.5) is 0 Å². The highest BCUT2D eigenvalue weighted by atomic mass is 14.5. The molecule has 2 fully saturated rings.